The summed E-state index contributed by atoms with van der Waals surface area (Å²) in [5.41, 5.74) is 0.847. The standard InChI is InChI=1S/C10H10FN3O/c1-2-12-10(15)8-6-14-5-7(11)3-4-9(14)13-8/h3-6H,2H2,1H3,(H,12,15). The summed E-state index contributed by atoms with van der Waals surface area (Å²) >= 11 is 0. The van der Waals surface area contributed by atoms with E-state index in [0.717, 1.165) is 0 Å². The van der Waals surface area contributed by atoms with Crippen LogP contribution in [-0.4, -0.2) is 21.8 Å². The SMILES string of the molecule is CCNC(=O)c1cn2cc(F)ccc2n1. The molecule has 0 atom stereocenters. The Bertz CT molecular complexity index is 506. The number of hydrogen-bond acceptors (Lipinski definition) is 2. The van der Waals surface area contributed by atoms with Gasteiger partial charge in [-0.15, -0.1) is 0 Å². The second-order valence-electron chi connectivity index (χ2n) is 3.10. The van der Waals surface area contributed by atoms with Gasteiger partial charge >= 0.3 is 0 Å². The first kappa shape index (κ1) is 9.64. The molecule has 0 saturated carbocycles. The van der Waals surface area contributed by atoms with Crippen LogP contribution in [0.15, 0.2) is 24.5 Å². The number of aromatic nitrogens is 2. The van der Waals surface area contributed by atoms with E-state index < -0.39 is 0 Å². The first-order valence-corrected chi connectivity index (χ1v) is 4.63. The maximum absolute atomic E-state index is 12.8. The highest BCUT2D eigenvalue weighted by Gasteiger charge is 2.09. The molecule has 15 heavy (non-hydrogen) atoms. The molecule has 2 aromatic rings. The first-order chi connectivity index (χ1) is 7.20. The lowest BCUT2D eigenvalue weighted by Gasteiger charge is -1.95. The summed E-state index contributed by atoms with van der Waals surface area (Å²) in [5, 5.41) is 2.63. The number of amides is 1. The predicted octanol–water partition coefficient (Wildman–Crippen LogP) is 1.22. The second-order valence-corrected chi connectivity index (χ2v) is 3.10. The fraction of sp³-hybridized carbons (Fsp3) is 0.200. The molecule has 2 heterocycles. The lowest BCUT2D eigenvalue weighted by atomic mass is 10.4. The van der Waals surface area contributed by atoms with Crippen molar-refractivity contribution in [1.82, 2.24) is 14.7 Å². The zero-order valence-electron chi connectivity index (χ0n) is 8.20. The molecule has 0 fully saturated rings. The first-order valence-electron chi connectivity index (χ1n) is 4.63. The Kier molecular flexibility index (Phi) is 2.37. The number of imidazole rings is 1. The van der Waals surface area contributed by atoms with Crippen molar-refractivity contribution in [2.24, 2.45) is 0 Å². The van der Waals surface area contributed by atoms with Gasteiger partial charge in [-0.25, -0.2) is 9.37 Å². The Morgan fingerprint density at radius 1 is 1.53 bits per heavy atom. The minimum Gasteiger partial charge on any atom is -0.351 e. The molecule has 0 bridgehead atoms. The zero-order chi connectivity index (χ0) is 10.8. The van der Waals surface area contributed by atoms with E-state index in [1.807, 2.05) is 6.92 Å². The van der Waals surface area contributed by atoms with Gasteiger partial charge in [0.2, 0.25) is 0 Å². The van der Waals surface area contributed by atoms with Crippen molar-refractivity contribution in [3.8, 4) is 0 Å². The molecule has 0 aliphatic rings. The number of nitrogens with zero attached hydrogens (tertiary/aromatic N) is 2. The van der Waals surface area contributed by atoms with Crippen LogP contribution in [0.2, 0.25) is 0 Å². The Morgan fingerprint density at radius 2 is 2.33 bits per heavy atom. The monoisotopic (exact) mass is 207 g/mol. The zero-order valence-corrected chi connectivity index (χ0v) is 8.20. The van der Waals surface area contributed by atoms with Crippen molar-refractivity contribution in [3.05, 3.63) is 36.0 Å². The second kappa shape index (κ2) is 3.68. The fourth-order valence-electron chi connectivity index (χ4n) is 1.33. The number of carbonyl (C=O) groups is 1. The van der Waals surface area contributed by atoms with Crippen LogP contribution in [0.25, 0.3) is 5.65 Å². The third-order valence-corrected chi connectivity index (χ3v) is 1.98. The molecule has 0 aliphatic heterocycles. The molecule has 2 aromatic heterocycles. The molecule has 1 N–H and O–H groups in total. The van der Waals surface area contributed by atoms with Crippen LogP contribution in [-0.2, 0) is 0 Å². The number of fused-ring (bicyclic) bond motifs is 1. The Morgan fingerprint density at radius 3 is 3.07 bits per heavy atom. The molecule has 0 unspecified atom stereocenters. The van der Waals surface area contributed by atoms with Gasteiger partial charge in [0, 0.05) is 18.9 Å². The van der Waals surface area contributed by atoms with Gasteiger partial charge in [0.1, 0.15) is 17.2 Å². The normalized spacial score (nSPS) is 10.5. The van der Waals surface area contributed by atoms with Crippen molar-refractivity contribution in [3.63, 3.8) is 0 Å². The van der Waals surface area contributed by atoms with Crippen LogP contribution in [0.1, 0.15) is 17.4 Å². The average Bonchev–Trinajstić information content (AvgIpc) is 2.60. The van der Waals surface area contributed by atoms with Crippen LogP contribution in [0.4, 0.5) is 4.39 Å². The maximum atomic E-state index is 12.8. The van der Waals surface area contributed by atoms with Gasteiger partial charge in [-0.05, 0) is 19.1 Å². The summed E-state index contributed by atoms with van der Waals surface area (Å²) < 4.78 is 14.3. The molecule has 2 rings (SSSR count). The molecule has 78 valence electrons. The van der Waals surface area contributed by atoms with Gasteiger partial charge in [0.05, 0.1) is 0 Å². The van der Waals surface area contributed by atoms with Crippen molar-refractivity contribution in [1.29, 1.82) is 0 Å². The Hall–Kier alpha value is -1.91. The highest BCUT2D eigenvalue weighted by atomic mass is 19.1. The van der Waals surface area contributed by atoms with Crippen molar-refractivity contribution in [2.45, 2.75) is 6.92 Å². The quantitative estimate of drug-likeness (QED) is 0.804. The average molecular weight is 207 g/mol. The summed E-state index contributed by atoms with van der Waals surface area (Å²) in [6.45, 7) is 2.37. The van der Waals surface area contributed by atoms with E-state index in [-0.39, 0.29) is 11.7 Å². The number of carbonyl (C=O) groups excluding carboxylic acids is 1. The lowest BCUT2D eigenvalue weighted by molar-refractivity contribution is 0.0951. The van der Waals surface area contributed by atoms with Gasteiger partial charge in [0.25, 0.3) is 5.91 Å². The van der Waals surface area contributed by atoms with Crippen molar-refractivity contribution >= 4 is 11.6 Å². The molecule has 4 nitrogen and oxygen atoms in total. The summed E-state index contributed by atoms with van der Waals surface area (Å²) in [7, 11) is 0. The molecular weight excluding hydrogens is 197 g/mol. The van der Waals surface area contributed by atoms with E-state index >= 15 is 0 Å². The van der Waals surface area contributed by atoms with Gasteiger partial charge < -0.3 is 9.72 Å². The molecule has 5 heteroatoms. The summed E-state index contributed by atoms with van der Waals surface area (Å²) in [6.07, 6.45) is 2.79. The molecule has 0 saturated heterocycles. The number of hydrogen-bond donors (Lipinski definition) is 1. The van der Waals surface area contributed by atoms with E-state index in [9.17, 15) is 9.18 Å². The number of nitrogens with one attached hydrogen (secondary N) is 1. The van der Waals surface area contributed by atoms with E-state index in [4.69, 9.17) is 0 Å². The Labute approximate surface area is 85.7 Å². The van der Waals surface area contributed by atoms with E-state index in [1.165, 1.54) is 28.9 Å². The van der Waals surface area contributed by atoms with Gasteiger partial charge in [-0.1, -0.05) is 0 Å². The van der Waals surface area contributed by atoms with Crippen LogP contribution in [0.5, 0.6) is 0 Å². The third-order valence-electron chi connectivity index (χ3n) is 1.98. The van der Waals surface area contributed by atoms with Gasteiger partial charge in [-0.2, -0.15) is 0 Å². The van der Waals surface area contributed by atoms with Gasteiger partial charge in [-0.3, -0.25) is 4.79 Å². The predicted molar refractivity (Wildman–Crippen MR) is 53.2 cm³/mol. The molecule has 0 aliphatic carbocycles. The topological polar surface area (TPSA) is 46.4 Å². The molecule has 1 amide bonds. The Balaban J connectivity index is 2.42. The van der Waals surface area contributed by atoms with Crippen LogP contribution in [0.3, 0.4) is 0 Å². The minimum absolute atomic E-state index is 0.249. The van der Waals surface area contributed by atoms with Crippen LogP contribution in [0, 0.1) is 5.82 Å². The van der Waals surface area contributed by atoms with Crippen LogP contribution < -0.4 is 5.32 Å². The maximum Gasteiger partial charge on any atom is 0.271 e. The van der Waals surface area contributed by atoms with Crippen LogP contribution >= 0.6 is 0 Å². The minimum atomic E-state index is -0.359. The number of rotatable bonds is 2. The lowest BCUT2D eigenvalue weighted by Crippen LogP contribution is -2.22. The molecule has 0 aromatic carbocycles. The summed E-state index contributed by atoms with van der Waals surface area (Å²) in [6, 6.07) is 2.84. The molecule has 0 radical (unpaired) electrons. The van der Waals surface area contributed by atoms with Crippen molar-refractivity contribution in [2.75, 3.05) is 6.54 Å². The van der Waals surface area contributed by atoms with E-state index in [1.54, 1.807) is 0 Å². The largest absolute Gasteiger partial charge is 0.351 e. The van der Waals surface area contributed by atoms with E-state index in [2.05, 4.69) is 10.3 Å². The number of pyridine rings is 1. The summed E-state index contributed by atoms with van der Waals surface area (Å²) in [4.78, 5) is 15.5. The third kappa shape index (κ3) is 1.81. The molecule has 0 spiro atoms. The molecular formula is C10H10FN3O. The summed E-state index contributed by atoms with van der Waals surface area (Å²) in [5.74, 6) is -0.607. The van der Waals surface area contributed by atoms with Crippen molar-refractivity contribution < 1.29 is 9.18 Å². The highest BCUT2D eigenvalue weighted by molar-refractivity contribution is 5.92. The van der Waals surface area contributed by atoms with E-state index in [0.29, 0.717) is 17.9 Å². The number of halogens is 1. The highest BCUT2D eigenvalue weighted by Crippen LogP contribution is 2.06. The fourth-order valence-corrected chi connectivity index (χ4v) is 1.33. The van der Waals surface area contributed by atoms with Gasteiger partial charge in [0.15, 0.2) is 0 Å². The smallest absolute Gasteiger partial charge is 0.271 e.